The van der Waals surface area contributed by atoms with Gasteiger partial charge in [-0.2, -0.15) is 0 Å². The molecule has 0 aliphatic carbocycles. The van der Waals surface area contributed by atoms with Crippen LogP contribution < -0.4 is 5.48 Å². The molecule has 1 aromatic rings. The van der Waals surface area contributed by atoms with Crippen molar-refractivity contribution in [3.63, 3.8) is 0 Å². The van der Waals surface area contributed by atoms with Gasteiger partial charge in [0, 0.05) is 31.8 Å². The summed E-state index contributed by atoms with van der Waals surface area (Å²) in [7, 11) is 1.63. The number of nitrogens with one attached hydrogen (secondary N) is 1. The van der Waals surface area contributed by atoms with Gasteiger partial charge in [0.25, 0.3) is 0 Å². The number of hydrogen-bond donors (Lipinski definition) is 1. The molecule has 0 unspecified atom stereocenters. The minimum atomic E-state index is 0.810. The van der Waals surface area contributed by atoms with Crippen LogP contribution in [0.3, 0.4) is 0 Å². The van der Waals surface area contributed by atoms with Crippen molar-refractivity contribution in [3.8, 4) is 11.8 Å². The average Bonchev–Trinajstić information content (AvgIpc) is 2.59. The van der Waals surface area contributed by atoms with Crippen molar-refractivity contribution in [3.05, 3.63) is 30.1 Å². The van der Waals surface area contributed by atoms with Gasteiger partial charge in [0.1, 0.15) is 0 Å². The molecular formula is C20H32N2O. The molecule has 1 heterocycles. The summed E-state index contributed by atoms with van der Waals surface area (Å²) in [6.45, 7) is 0.810. The van der Waals surface area contributed by atoms with Crippen molar-refractivity contribution in [1.82, 2.24) is 10.5 Å². The van der Waals surface area contributed by atoms with Crippen LogP contribution in [0.1, 0.15) is 69.8 Å². The fourth-order valence-electron chi connectivity index (χ4n) is 2.54. The van der Waals surface area contributed by atoms with Gasteiger partial charge in [0.05, 0.1) is 7.11 Å². The highest BCUT2D eigenvalue weighted by Crippen LogP contribution is 2.11. The van der Waals surface area contributed by atoms with Gasteiger partial charge in [-0.1, -0.05) is 44.6 Å². The maximum atomic E-state index is 4.75. The number of aromatic nitrogens is 1. The molecular weight excluding hydrogens is 284 g/mol. The van der Waals surface area contributed by atoms with E-state index in [-0.39, 0.29) is 0 Å². The first-order valence-electron chi connectivity index (χ1n) is 9.04. The molecule has 0 aliphatic rings. The van der Waals surface area contributed by atoms with Gasteiger partial charge in [0.15, 0.2) is 0 Å². The molecule has 0 spiro atoms. The zero-order chi connectivity index (χ0) is 16.4. The Morgan fingerprint density at radius 1 is 0.957 bits per heavy atom. The van der Waals surface area contributed by atoms with Crippen molar-refractivity contribution in [2.45, 2.75) is 70.6 Å². The molecule has 128 valence electrons. The lowest BCUT2D eigenvalue weighted by atomic mass is 10.0. The number of hydrogen-bond acceptors (Lipinski definition) is 3. The standard InChI is InChI=1S/C20H32N2O/c1-23-22-18-13-11-9-7-5-3-2-4-6-8-10-12-15-20-16-14-17-21-19-20/h14,16-17,19,22H,2-8,10,12-13,15,18H2,1H3. The second kappa shape index (κ2) is 15.5. The van der Waals surface area contributed by atoms with E-state index in [1.807, 2.05) is 18.5 Å². The molecule has 0 radical (unpaired) electrons. The Bertz CT molecular complexity index is 422. The second-order valence-electron chi connectivity index (χ2n) is 5.89. The molecule has 3 nitrogen and oxygen atoms in total. The molecule has 0 aromatic carbocycles. The van der Waals surface area contributed by atoms with E-state index in [0.717, 1.165) is 19.4 Å². The van der Waals surface area contributed by atoms with Gasteiger partial charge in [-0.3, -0.25) is 4.98 Å². The SMILES string of the molecule is CONCCC#CCCCCCCCCCCc1cccnc1. The van der Waals surface area contributed by atoms with E-state index in [0.29, 0.717) is 0 Å². The number of rotatable bonds is 13. The topological polar surface area (TPSA) is 34.1 Å². The number of pyridine rings is 1. The van der Waals surface area contributed by atoms with Crippen LogP contribution in [-0.4, -0.2) is 18.6 Å². The molecule has 0 atom stereocenters. The fraction of sp³-hybridized carbons (Fsp3) is 0.650. The summed E-state index contributed by atoms with van der Waals surface area (Å²) in [5.41, 5.74) is 4.16. The van der Waals surface area contributed by atoms with Crippen LogP contribution in [-0.2, 0) is 11.3 Å². The third-order valence-corrected chi connectivity index (χ3v) is 3.86. The van der Waals surface area contributed by atoms with E-state index in [1.165, 1.54) is 63.4 Å². The van der Waals surface area contributed by atoms with Crippen LogP contribution in [0.2, 0.25) is 0 Å². The third kappa shape index (κ3) is 12.8. The van der Waals surface area contributed by atoms with Crippen LogP contribution in [0, 0.1) is 11.8 Å². The lowest BCUT2D eigenvalue weighted by Crippen LogP contribution is -2.11. The van der Waals surface area contributed by atoms with Crippen LogP contribution in [0.5, 0.6) is 0 Å². The Morgan fingerprint density at radius 2 is 1.65 bits per heavy atom. The van der Waals surface area contributed by atoms with Gasteiger partial charge < -0.3 is 4.84 Å². The molecule has 0 saturated heterocycles. The summed E-state index contributed by atoms with van der Waals surface area (Å²) >= 11 is 0. The van der Waals surface area contributed by atoms with E-state index in [4.69, 9.17) is 4.84 Å². The molecule has 0 aliphatic heterocycles. The van der Waals surface area contributed by atoms with E-state index in [1.54, 1.807) is 7.11 Å². The Balaban J connectivity index is 1.78. The predicted octanol–water partition coefficient (Wildman–Crippen LogP) is 4.68. The molecule has 0 amide bonds. The largest absolute Gasteiger partial charge is 0.305 e. The molecule has 0 fully saturated rings. The number of nitrogens with zero attached hydrogens (tertiary/aromatic N) is 1. The Kier molecular flexibility index (Phi) is 13.3. The van der Waals surface area contributed by atoms with Crippen molar-refractivity contribution >= 4 is 0 Å². The normalized spacial score (nSPS) is 10.3. The van der Waals surface area contributed by atoms with E-state index in [9.17, 15) is 0 Å². The monoisotopic (exact) mass is 316 g/mol. The molecule has 1 rings (SSSR count). The summed E-state index contributed by atoms with van der Waals surface area (Å²) < 4.78 is 0. The van der Waals surface area contributed by atoms with E-state index in [2.05, 4.69) is 28.4 Å². The van der Waals surface area contributed by atoms with Gasteiger partial charge in [0.2, 0.25) is 0 Å². The van der Waals surface area contributed by atoms with E-state index < -0.39 is 0 Å². The molecule has 0 saturated carbocycles. The minimum Gasteiger partial charge on any atom is -0.305 e. The quantitative estimate of drug-likeness (QED) is 0.326. The smallest absolute Gasteiger partial charge is 0.0572 e. The van der Waals surface area contributed by atoms with Gasteiger partial charge in [-0.25, -0.2) is 5.48 Å². The van der Waals surface area contributed by atoms with Gasteiger partial charge in [-0.15, -0.1) is 11.8 Å². The van der Waals surface area contributed by atoms with Gasteiger partial charge >= 0.3 is 0 Å². The van der Waals surface area contributed by atoms with Crippen LogP contribution in [0.15, 0.2) is 24.5 Å². The summed E-state index contributed by atoms with van der Waals surface area (Å²) in [5.74, 6) is 6.39. The zero-order valence-corrected chi connectivity index (χ0v) is 14.7. The van der Waals surface area contributed by atoms with E-state index >= 15 is 0 Å². The third-order valence-electron chi connectivity index (χ3n) is 3.86. The van der Waals surface area contributed by atoms with Crippen LogP contribution >= 0.6 is 0 Å². The summed E-state index contributed by atoms with van der Waals surface area (Å²) in [5, 5.41) is 0. The number of aryl methyl sites for hydroxylation is 1. The predicted molar refractivity (Wildman–Crippen MR) is 96.9 cm³/mol. The zero-order valence-electron chi connectivity index (χ0n) is 14.7. The summed E-state index contributed by atoms with van der Waals surface area (Å²) in [4.78, 5) is 8.91. The lowest BCUT2D eigenvalue weighted by Gasteiger charge is -2.02. The second-order valence-corrected chi connectivity index (χ2v) is 5.89. The molecule has 3 heteroatoms. The highest BCUT2D eigenvalue weighted by molar-refractivity contribution is 5.08. The maximum absolute atomic E-state index is 4.75. The maximum Gasteiger partial charge on any atom is 0.0572 e. The Labute approximate surface area is 142 Å². The number of unbranched alkanes of at least 4 members (excludes halogenated alkanes) is 8. The van der Waals surface area contributed by atoms with Gasteiger partial charge in [-0.05, 0) is 30.9 Å². The Hall–Kier alpha value is -1.37. The molecule has 23 heavy (non-hydrogen) atoms. The highest BCUT2D eigenvalue weighted by Gasteiger charge is 1.94. The van der Waals surface area contributed by atoms with Crippen molar-refractivity contribution in [1.29, 1.82) is 0 Å². The van der Waals surface area contributed by atoms with Crippen LogP contribution in [0.25, 0.3) is 0 Å². The lowest BCUT2D eigenvalue weighted by molar-refractivity contribution is 0.0937. The summed E-state index contributed by atoms with van der Waals surface area (Å²) in [6, 6.07) is 4.19. The minimum absolute atomic E-state index is 0.810. The highest BCUT2D eigenvalue weighted by atomic mass is 16.6. The first-order chi connectivity index (χ1) is 11.4. The van der Waals surface area contributed by atoms with Crippen molar-refractivity contribution in [2.75, 3.05) is 13.7 Å². The molecule has 0 bridgehead atoms. The first kappa shape index (κ1) is 19.7. The number of hydroxylamine groups is 1. The first-order valence-corrected chi connectivity index (χ1v) is 9.04. The fourth-order valence-corrected chi connectivity index (χ4v) is 2.54. The van der Waals surface area contributed by atoms with Crippen molar-refractivity contribution in [2.24, 2.45) is 0 Å². The summed E-state index contributed by atoms with van der Waals surface area (Å²) in [6.07, 6.45) is 17.6. The molecule has 1 N–H and O–H groups in total. The van der Waals surface area contributed by atoms with Crippen LogP contribution in [0.4, 0.5) is 0 Å². The average molecular weight is 316 g/mol. The van der Waals surface area contributed by atoms with Crippen molar-refractivity contribution < 1.29 is 4.84 Å². The Morgan fingerprint density at radius 3 is 2.35 bits per heavy atom. The molecule has 1 aromatic heterocycles.